The van der Waals surface area contributed by atoms with Crippen LogP contribution in [-0.4, -0.2) is 44.3 Å². The van der Waals surface area contributed by atoms with Crippen LogP contribution in [0.15, 0.2) is 53.9 Å². The van der Waals surface area contributed by atoms with Gasteiger partial charge in [0.25, 0.3) is 0 Å². The first-order valence-corrected chi connectivity index (χ1v) is 8.88. The van der Waals surface area contributed by atoms with Crippen molar-refractivity contribution >= 4 is 23.0 Å². The predicted molar refractivity (Wildman–Crippen MR) is 99.6 cm³/mol. The minimum atomic E-state index is 0.754. The maximum Gasteiger partial charge on any atom is 0.0646 e. The summed E-state index contributed by atoms with van der Waals surface area (Å²) in [6.07, 6.45) is 9.66. The molecule has 4 nitrogen and oxygen atoms in total. The first kappa shape index (κ1) is 15.8. The molecular weight excluding hydrogens is 322 g/mol. The highest BCUT2D eigenvalue weighted by molar-refractivity contribution is 6.31. The van der Waals surface area contributed by atoms with Crippen LogP contribution >= 0.6 is 11.6 Å². The van der Waals surface area contributed by atoms with Crippen LogP contribution in [-0.2, 0) is 4.74 Å². The molecule has 0 atom stereocenters. The van der Waals surface area contributed by atoms with Crippen LogP contribution in [0.25, 0.3) is 0 Å². The normalized spacial score (nSPS) is 20.5. The van der Waals surface area contributed by atoms with Gasteiger partial charge in [0.05, 0.1) is 24.6 Å². The summed E-state index contributed by atoms with van der Waals surface area (Å²) in [7, 11) is 0. The maximum atomic E-state index is 6.22. The lowest BCUT2D eigenvalue weighted by Gasteiger charge is -2.30. The number of allylic oxidation sites excluding steroid dienone is 4. The Bertz CT molecular complexity index is 705. The van der Waals surface area contributed by atoms with Gasteiger partial charge in [0.2, 0.25) is 0 Å². The highest BCUT2D eigenvalue weighted by Gasteiger charge is 2.20. The van der Waals surface area contributed by atoms with Crippen molar-refractivity contribution in [2.75, 3.05) is 49.6 Å². The van der Waals surface area contributed by atoms with Gasteiger partial charge in [-0.15, -0.1) is 0 Å². The Labute approximate surface area is 148 Å². The molecule has 1 aliphatic carbocycles. The zero-order valence-corrected chi connectivity index (χ0v) is 14.4. The first-order chi connectivity index (χ1) is 11.8. The van der Waals surface area contributed by atoms with E-state index in [0.29, 0.717) is 0 Å². The van der Waals surface area contributed by atoms with Gasteiger partial charge in [-0.1, -0.05) is 23.8 Å². The molecule has 1 saturated heterocycles. The predicted octanol–water partition coefficient (Wildman–Crippen LogP) is 3.63. The van der Waals surface area contributed by atoms with Crippen molar-refractivity contribution in [3.05, 3.63) is 58.9 Å². The Kier molecular flexibility index (Phi) is 4.60. The molecule has 126 valence electrons. The van der Waals surface area contributed by atoms with E-state index in [0.717, 1.165) is 62.2 Å². The molecular formula is C19H22ClN3O. The summed E-state index contributed by atoms with van der Waals surface area (Å²) >= 11 is 6.22. The number of benzene rings is 1. The standard InChI is InChI=1S/C19H22ClN3O/c20-16-5-6-19-18(13-16)21-17-4-2-1-3-15(17)14-23(19)8-7-22-9-11-24-12-10-22/h1-2,4-6,13-14,21H,3,7-12H2. The van der Waals surface area contributed by atoms with Gasteiger partial charge in [0.1, 0.15) is 0 Å². The molecule has 0 unspecified atom stereocenters. The number of anilines is 2. The van der Waals surface area contributed by atoms with Crippen molar-refractivity contribution in [2.45, 2.75) is 6.42 Å². The summed E-state index contributed by atoms with van der Waals surface area (Å²) in [6.45, 7) is 5.70. The molecule has 2 heterocycles. The third kappa shape index (κ3) is 3.36. The van der Waals surface area contributed by atoms with Crippen molar-refractivity contribution in [2.24, 2.45) is 0 Å². The van der Waals surface area contributed by atoms with Crippen molar-refractivity contribution < 1.29 is 4.74 Å². The van der Waals surface area contributed by atoms with Crippen molar-refractivity contribution in [1.82, 2.24) is 4.90 Å². The van der Waals surface area contributed by atoms with Crippen LogP contribution in [0, 0.1) is 0 Å². The second-order valence-electron chi connectivity index (χ2n) is 6.30. The number of halogens is 1. The number of hydrogen-bond acceptors (Lipinski definition) is 4. The van der Waals surface area contributed by atoms with E-state index < -0.39 is 0 Å². The van der Waals surface area contributed by atoms with Crippen molar-refractivity contribution in [1.29, 1.82) is 0 Å². The number of fused-ring (bicyclic) bond motifs is 2. The lowest BCUT2D eigenvalue weighted by atomic mass is 10.1. The number of nitrogens with zero attached hydrogens (tertiary/aromatic N) is 2. The number of hydrogen-bond donors (Lipinski definition) is 1. The average molecular weight is 344 g/mol. The molecule has 0 spiro atoms. The molecule has 1 aromatic carbocycles. The lowest BCUT2D eigenvalue weighted by molar-refractivity contribution is 0.0394. The zero-order chi connectivity index (χ0) is 16.4. The van der Waals surface area contributed by atoms with Gasteiger partial charge in [0, 0.05) is 43.1 Å². The lowest BCUT2D eigenvalue weighted by Crippen LogP contribution is -2.40. The minimum Gasteiger partial charge on any atom is -0.379 e. The van der Waals surface area contributed by atoms with E-state index in [1.807, 2.05) is 12.1 Å². The fourth-order valence-corrected chi connectivity index (χ4v) is 3.51. The fourth-order valence-electron chi connectivity index (χ4n) is 3.34. The second-order valence-corrected chi connectivity index (χ2v) is 6.74. The molecule has 1 N–H and O–H groups in total. The Balaban J connectivity index is 1.60. The second kappa shape index (κ2) is 7.01. The van der Waals surface area contributed by atoms with Gasteiger partial charge >= 0.3 is 0 Å². The molecule has 0 bridgehead atoms. The van der Waals surface area contributed by atoms with Crippen LogP contribution in [0.5, 0.6) is 0 Å². The van der Waals surface area contributed by atoms with Gasteiger partial charge < -0.3 is 15.0 Å². The van der Waals surface area contributed by atoms with Gasteiger partial charge in [-0.2, -0.15) is 0 Å². The van der Waals surface area contributed by atoms with E-state index in [4.69, 9.17) is 16.3 Å². The van der Waals surface area contributed by atoms with Gasteiger partial charge in [-0.05, 0) is 36.3 Å². The molecule has 1 fully saturated rings. The third-order valence-electron chi connectivity index (χ3n) is 4.69. The summed E-state index contributed by atoms with van der Waals surface area (Å²) in [5.74, 6) is 0. The summed E-state index contributed by atoms with van der Waals surface area (Å²) < 4.78 is 5.44. The number of ether oxygens (including phenoxy) is 1. The summed E-state index contributed by atoms with van der Waals surface area (Å²) in [5, 5.41) is 4.31. The van der Waals surface area contributed by atoms with E-state index in [1.54, 1.807) is 0 Å². The van der Waals surface area contributed by atoms with E-state index in [1.165, 1.54) is 11.3 Å². The summed E-state index contributed by atoms with van der Waals surface area (Å²) in [6, 6.07) is 6.07. The molecule has 4 rings (SSSR count). The molecule has 3 aliphatic rings. The van der Waals surface area contributed by atoms with Gasteiger partial charge in [-0.25, -0.2) is 0 Å². The van der Waals surface area contributed by atoms with Crippen molar-refractivity contribution in [3.63, 3.8) is 0 Å². The fraction of sp³-hybridized carbons (Fsp3) is 0.368. The molecule has 24 heavy (non-hydrogen) atoms. The molecule has 2 aliphatic heterocycles. The largest absolute Gasteiger partial charge is 0.379 e. The van der Waals surface area contributed by atoms with Crippen LogP contribution in [0.3, 0.4) is 0 Å². The highest BCUT2D eigenvalue weighted by atomic mass is 35.5. The number of morpholine rings is 1. The summed E-state index contributed by atoms with van der Waals surface area (Å²) in [4.78, 5) is 4.82. The maximum absolute atomic E-state index is 6.22. The number of rotatable bonds is 3. The molecule has 1 aromatic rings. The molecule has 0 saturated carbocycles. The average Bonchev–Trinajstić information content (AvgIpc) is 2.76. The summed E-state index contributed by atoms with van der Waals surface area (Å²) in [5.41, 5.74) is 4.72. The van der Waals surface area contributed by atoms with E-state index in [2.05, 4.69) is 45.6 Å². The SMILES string of the molecule is Clc1ccc2c(c1)NC1=CC=CCC1=CN2CCN1CCOCC1. The van der Waals surface area contributed by atoms with Gasteiger partial charge in [-0.3, -0.25) is 4.90 Å². The topological polar surface area (TPSA) is 27.7 Å². The Morgan fingerprint density at radius 1 is 1.17 bits per heavy atom. The number of nitrogens with one attached hydrogen (secondary N) is 1. The molecule has 0 amide bonds. The van der Waals surface area contributed by atoms with E-state index >= 15 is 0 Å². The van der Waals surface area contributed by atoms with Crippen LogP contribution in [0.2, 0.25) is 5.02 Å². The van der Waals surface area contributed by atoms with Crippen molar-refractivity contribution in [3.8, 4) is 0 Å². The quantitative estimate of drug-likeness (QED) is 0.907. The zero-order valence-electron chi connectivity index (χ0n) is 13.7. The van der Waals surface area contributed by atoms with Crippen LogP contribution < -0.4 is 10.2 Å². The van der Waals surface area contributed by atoms with Gasteiger partial charge in [0.15, 0.2) is 0 Å². The molecule has 0 radical (unpaired) electrons. The minimum absolute atomic E-state index is 0.754. The monoisotopic (exact) mass is 343 g/mol. The molecule has 0 aromatic heterocycles. The highest BCUT2D eigenvalue weighted by Crippen LogP contribution is 2.36. The van der Waals surface area contributed by atoms with E-state index in [9.17, 15) is 0 Å². The Hall–Kier alpha value is -1.75. The third-order valence-corrected chi connectivity index (χ3v) is 4.93. The smallest absolute Gasteiger partial charge is 0.0646 e. The van der Waals surface area contributed by atoms with Crippen LogP contribution in [0.4, 0.5) is 11.4 Å². The van der Waals surface area contributed by atoms with E-state index in [-0.39, 0.29) is 0 Å². The Morgan fingerprint density at radius 3 is 2.92 bits per heavy atom. The van der Waals surface area contributed by atoms with Crippen LogP contribution in [0.1, 0.15) is 6.42 Å². The Morgan fingerprint density at radius 2 is 2.04 bits per heavy atom. The first-order valence-electron chi connectivity index (χ1n) is 8.51. The molecule has 5 heteroatoms.